The van der Waals surface area contributed by atoms with Crippen molar-refractivity contribution in [2.75, 3.05) is 12.9 Å². The Bertz CT molecular complexity index is 521. The highest BCUT2D eigenvalue weighted by molar-refractivity contribution is 8.00. The Balaban J connectivity index is 1.93. The number of benzene rings is 1. The van der Waals surface area contributed by atoms with E-state index in [0.29, 0.717) is 18.6 Å². The van der Waals surface area contributed by atoms with Crippen molar-refractivity contribution in [3.05, 3.63) is 29.8 Å². The van der Waals surface area contributed by atoms with Gasteiger partial charge in [0.25, 0.3) is 0 Å². The Morgan fingerprint density at radius 3 is 2.41 bits per heavy atom. The first-order valence-electron chi connectivity index (χ1n) is 7.65. The molecule has 1 N–H and O–H groups in total. The van der Waals surface area contributed by atoms with Crippen LogP contribution in [0.5, 0.6) is 0 Å². The Hall–Kier alpha value is -1.49. The molecule has 22 heavy (non-hydrogen) atoms. The molecule has 0 saturated heterocycles. The summed E-state index contributed by atoms with van der Waals surface area (Å²) in [5.41, 5.74) is 0.374. The number of rotatable bonds is 5. The third kappa shape index (κ3) is 4.26. The topological polar surface area (TPSA) is 55.4 Å². The molecule has 1 aromatic carbocycles. The molecule has 0 bridgehead atoms. The maximum atomic E-state index is 12.2. The van der Waals surface area contributed by atoms with E-state index in [2.05, 4.69) is 5.32 Å². The van der Waals surface area contributed by atoms with Crippen molar-refractivity contribution in [3.63, 3.8) is 0 Å². The van der Waals surface area contributed by atoms with E-state index in [1.54, 1.807) is 0 Å². The zero-order chi connectivity index (χ0) is 16.0. The molecule has 1 aromatic rings. The van der Waals surface area contributed by atoms with Gasteiger partial charge in [0.05, 0.1) is 12.9 Å². The van der Waals surface area contributed by atoms with Crippen LogP contribution in [0.3, 0.4) is 0 Å². The highest BCUT2D eigenvalue weighted by atomic mass is 32.2. The second kappa shape index (κ2) is 7.68. The highest BCUT2D eigenvalue weighted by Gasteiger charge is 2.41. The van der Waals surface area contributed by atoms with Gasteiger partial charge in [-0.25, -0.2) is 4.79 Å². The zero-order valence-corrected chi connectivity index (χ0v) is 14.0. The quantitative estimate of drug-likeness (QED) is 0.669. The Morgan fingerprint density at radius 1 is 1.18 bits per heavy atom. The average Bonchev–Trinajstić information content (AvgIpc) is 2.54. The number of hydrogen-bond acceptors (Lipinski definition) is 4. The minimum atomic E-state index is -0.822. The van der Waals surface area contributed by atoms with E-state index in [4.69, 9.17) is 4.74 Å². The van der Waals surface area contributed by atoms with Crippen LogP contribution in [-0.2, 0) is 14.3 Å². The largest absolute Gasteiger partial charge is 0.467 e. The minimum Gasteiger partial charge on any atom is -0.467 e. The van der Waals surface area contributed by atoms with E-state index < -0.39 is 5.54 Å². The van der Waals surface area contributed by atoms with Gasteiger partial charge in [0.15, 0.2) is 0 Å². The second-order valence-corrected chi connectivity index (χ2v) is 6.83. The van der Waals surface area contributed by atoms with E-state index >= 15 is 0 Å². The molecule has 0 radical (unpaired) electrons. The number of hydrogen-bond donors (Lipinski definition) is 1. The molecule has 0 atom stereocenters. The summed E-state index contributed by atoms with van der Waals surface area (Å²) < 4.78 is 4.91. The summed E-state index contributed by atoms with van der Waals surface area (Å²) in [5.74, 6) is -0.124. The number of thioether (sulfide) groups is 1. The molecule has 1 fully saturated rings. The molecular weight excluding hydrogens is 298 g/mol. The first-order chi connectivity index (χ1) is 10.6. The average molecular weight is 321 g/mol. The summed E-state index contributed by atoms with van der Waals surface area (Å²) in [6.45, 7) is 2.03. The Kier molecular flexibility index (Phi) is 5.89. The van der Waals surface area contributed by atoms with Crippen LogP contribution in [0.25, 0.3) is 0 Å². The van der Waals surface area contributed by atoms with Crippen molar-refractivity contribution in [1.29, 1.82) is 0 Å². The third-order valence-electron chi connectivity index (χ3n) is 4.05. The van der Waals surface area contributed by atoms with Crippen LogP contribution in [0.1, 0.15) is 37.7 Å². The fourth-order valence-electron chi connectivity index (χ4n) is 2.82. The van der Waals surface area contributed by atoms with Gasteiger partial charge in [-0.05, 0) is 31.9 Å². The standard InChI is InChI=1S/C17H23NO3S/c1-13-6-8-14(9-7-13)22-12-15(19)18-17(16(20)21-2)10-4-3-5-11-17/h6-9H,3-5,10-12H2,1-2H3,(H,18,19). The molecule has 1 aliphatic carbocycles. The number of carbonyl (C=O) groups excluding carboxylic acids is 2. The monoisotopic (exact) mass is 321 g/mol. The number of amides is 1. The molecule has 0 spiro atoms. The van der Waals surface area contributed by atoms with E-state index in [1.165, 1.54) is 24.4 Å². The van der Waals surface area contributed by atoms with Crippen molar-refractivity contribution in [2.24, 2.45) is 0 Å². The molecule has 5 heteroatoms. The predicted molar refractivity (Wildman–Crippen MR) is 87.9 cm³/mol. The maximum Gasteiger partial charge on any atom is 0.331 e. The SMILES string of the molecule is COC(=O)C1(NC(=O)CSc2ccc(C)cc2)CCCCC1. The number of carbonyl (C=O) groups is 2. The lowest BCUT2D eigenvalue weighted by molar-refractivity contribution is -0.152. The van der Waals surface area contributed by atoms with Gasteiger partial charge in [0.2, 0.25) is 5.91 Å². The summed E-state index contributed by atoms with van der Waals surface area (Å²) >= 11 is 1.48. The number of aryl methyl sites for hydroxylation is 1. The smallest absolute Gasteiger partial charge is 0.331 e. The first-order valence-corrected chi connectivity index (χ1v) is 8.63. The fourth-order valence-corrected chi connectivity index (χ4v) is 3.52. The fraction of sp³-hybridized carbons (Fsp3) is 0.529. The summed E-state index contributed by atoms with van der Waals surface area (Å²) in [7, 11) is 1.38. The first kappa shape index (κ1) is 16.9. The third-order valence-corrected chi connectivity index (χ3v) is 5.06. The maximum absolute atomic E-state index is 12.2. The summed E-state index contributed by atoms with van der Waals surface area (Å²) in [6.07, 6.45) is 4.33. The molecule has 120 valence electrons. The van der Waals surface area contributed by atoms with Crippen molar-refractivity contribution in [1.82, 2.24) is 5.32 Å². The van der Waals surface area contributed by atoms with E-state index in [9.17, 15) is 9.59 Å². The molecule has 0 heterocycles. The highest BCUT2D eigenvalue weighted by Crippen LogP contribution is 2.29. The minimum absolute atomic E-state index is 0.113. The lowest BCUT2D eigenvalue weighted by Gasteiger charge is -2.35. The van der Waals surface area contributed by atoms with Crippen LogP contribution in [0.15, 0.2) is 29.2 Å². The molecule has 1 amide bonds. The van der Waals surface area contributed by atoms with Gasteiger partial charge in [-0.1, -0.05) is 37.0 Å². The normalized spacial score (nSPS) is 16.8. The van der Waals surface area contributed by atoms with Crippen LogP contribution in [-0.4, -0.2) is 30.3 Å². The van der Waals surface area contributed by atoms with Crippen LogP contribution < -0.4 is 5.32 Å². The molecule has 1 aliphatic rings. The van der Waals surface area contributed by atoms with Gasteiger partial charge >= 0.3 is 5.97 Å². The molecule has 2 rings (SSSR count). The number of ether oxygens (including phenoxy) is 1. The number of esters is 1. The molecule has 0 unspecified atom stereocenters. The van der Waals surface area contributed by atoms with Gasteiger partial charge in [0, 0.05) is 4.90 Å². The number of methoxy groups -OCH3 is 1. The molecule has 0 aromatic heterocycles. The summed E-state index contributed by atoms with van der Waals surface area (Å²) in [4.78, 5) is 25.4. The van der Waals surface area contributed by atoms with Crippen LogP contribution >= 0.6 is 11.8 Å². The van der Waals surface area contributed by atoms with Crippen molar-refractivity contribution >= 4 is 23.6 Å². The van der Waals surface area contributed by atoms with Crippen LogP contribution in [0.2, 0.25) is 0 Å². The van der Waals surface area contributed by atoms with E-state index in [-0.39, 0.29) is 11.9 Å². The number of nitrogens with one attached hydrogen (secondary N) is 1. The molecule has 1 saturated carbocycles. The van der Waals surface area contributed by atoms with Crippen molar-refractivity contribution in [3.8, 4) is 0 Å². The van der Waals surface area contributed by atoms with Crippen molar-refractivity contribution in [2.45, 2.75) is 49.5 Å². The molecular formula is C17H23NO3S. The summed E-state index contributed by atoms with van der Waals surface area (Å²) in [5, 5.41) is 2.93. The Morgan fingerprint density at radius 2 is 1.82 bits per heavy atom. The van der Waals surface area contributed by atoms with E-state index in [1.807, 2.05) is 31.2 Å². The molecule has 0 aliphatic heterocycles. The van der Waals surface area contributed by atoms with Gasteiger partial charge in [-0.15, -0.1) is 11.8 Å². The van der Waals surface area contributed by atoms with Gasteiger partial charge in [0.1, 0.15) is 5.54 Å². The lowest BCUT2D eigenvalue weighted by atomic mass is 9.81. The Labute approximate surface area is 136 Å². The van der Waals surface area contributed by atoms with Crippen LogP contribution in [0.4, 0.5) is 0 Å². The summed E-state index contributed by atoms with van der Waals surface area (Å²) in [6, 6.07) is 8.06. The lowest BCUT2D eigenvalue weighted by Crippen LogP contribution is -2.56. The van der Waals surface area contributed by atoms with E-state index in [0.717, 1.165) is 24.2 Å². The van der Waals surface area contributed by atoms with Gasteiger partial charge in [-0.2, -0.15) is 0 Å². The predicted octanol–water partition coefficient (Wildman–Crippen LogP) is 3.08. The van der Waals surface area contributed by atoms with Crippen LogP contribution in [0, 0.1) is 6.92 Å². The second-order valence-electron chi connectivity index (χ2n) is 5.78. The van der Waals surface area contributed by atoms with Crippen molar-refractivity contribution < 1.29 is 14.3 Å². The molecule has 4 nitrogen and oxygen atoms in total. The van der Waals surface area contributed by atoms with Gasteiger partial charge in [-0.3, -0.25) is 4.79 Å². The van der Waals surface area contributed by atoms with Gasteiger partial charge < -0.3 is 10.1 Å². The zero-order valence-electron chi connectivity index (χ0n) is 13.2.